The second kappa shape index (κ2) is 11.5. The highest BCUT2D eigenvalue weighted by atomic mass is 19.1. The lowest BCUT2D eigenvalue weighted by Crippen LogP contribution is -2.44. The van der Waals surface area contributed by atoms with Crippen molar-refractivity contribution in [2.24, 2.45) is 5.92 Å². The van der Waals surface area contributed by atoms with Gasteiger partial charge in [0.05, 0.1) is 31.4 Å². The third-order valence-corrected chi connectivity index (χ3v) is 7.34. The number of nitrogens with zero attached hydrogens (tertiary/aromatic N) is 2. The zero-order valence-corrected chi connectivity index (χ0v) is 22.4. The fraction of sp³-hybridized carbons (Fsp3) is 0.500. The average Bonchev–Trinajstić information content (AvgIpc) is 3.68. The Morgan fingerprint density at radius 3 is 2.44 bits per heavy atom. The Hall–Kier alpha value is -3.89. The zero-order chi connectivity index (χ0) is 27.5. The van der Waals surface area contributed by atoms with Gasteiger partial charge in [-0.15, -0.1) is 0 Å². The van der Waals surface area contributed by atoms with Crippen LogP contribution in [-0.4, -0.2) is 59.4 Å². The number of aromatic nitrogens is 3. The summed E-state index contributed by atoms with van der Waals surface area (Å²) in [5.74, 6) is 0.276. The summed E-state index contributed by atoms with van der Waals surface area (Å²) in [5.41, 5.74) is 2.95. The van der Waals surface area contributed by atoms with Gasteiger partial charge in [-0.1, -0.05) is 0 Å². The molecule has 2 aliphatic rings. The van der Waals surface area contributed by atoms with Gasteiger partial charge in [-0.3, -0.25) is 4.79 Å². The summed E-state index contributed by atoms with van der Waals surface area (Å²) < 4.78 is 31.0. The van der Waals surface area contributed by atoms with Crippen molar-refractivity contribution in [1.29, 1.82) is 0 Å². The van der Waals surface area contributed by atoms with Crippen LogP contribution in [-0.2, 0) is 4.74 Å². The number of amides is 2. The Morgan fingerprint density at radius 2 is 1.77 bits per heavy atom. The molecule has 2 amide bonds. The highest BCUT2D eigenvalue weighted by molar-refractivity contribution is 6.09. The van der Waals surface area contributed by atoms with Crippen molar-refractivity contribution in [1.82, 2.24) is 25.6 Å². The lowest BCUT2D eigenvalue weighted by molar-refractivity contribution is 0.0922. The van der Waals surface area contributed by atoms with Crippen LogP contribution in [0.25, 0.3) is 22.3 Å². The molecule has 0 bridgehead atoms. The minimum Gasteiger partial charge on any atom is -0.494 e. The number of carbonyl (C=O) groups excluding carboxylic acids is 2. The van der Waals surface area contributed by atoms with Crippen molar-refractivity contribution in [2.75, 3.05) is 20.3 Å². The molecular weight excluding hydrogens is 505 g/mol. The van der Waals surface area contributed by atoms with Crippen LogP contribution in [0.3, 0.4) is 0 Å². The Balaban J connectivity index is 1.37. The number of hydrogen-bond donors (Lipinski definition) is 3. The number of hydrogen-bond acceptors (Lipinski definition) is 7. The molecule has 0 saturated heterocycles. The second-order valence-corrected chi connectivity index (χ2v) is 10.2. The van der Waals surface area contributed by atoms with Gasteiger partial charge in [-0.05, 0) is 64.4 Å². The monoisotopic (exact) mass is 539 g/mol. The molecular formula is C28H34FN5O5. The molecule has 0 radical (unpaired) electrons. The quantitative estimate of drug-likeness (QED) is 0.361. The second-order valence-electron chi connectivity index (χ2n) is 10.2. The molecule has 0 atom stereocenters. The molecule has 2 saturated carbocycles. The van der Waals surface area contributed by atoms with E-state index in [0.29, 0.717) is 58.4 Å². The normalized spacial score (nSPS) is 19.0. The molecule has 10 nitrogen and oxygen atoms in total. The summed E-state index contributed by atoms with van der Waals surface area (Å²) in [4.78, 5) is 37.2. The Morgan fingerprint density at radius 1 is 1.05 bits per heavy atom. The van der Waals surface area contributed by atoms with Gasteiger partial charge >= 0.3 is 6.09 Å². The average molecular weight is 540 g/mol. The molecule has 3 N–H and O–H groups in total. The summed E-state index contributed by atoms with van der Waals surface area (Å²) in [6, 6.07) is 2.89. The minimum absolute atomic E-state index is 0.0264. The smallest absolute Gasteiger partial charge is 0.407 e. The summed E-state index contributed by atoms with van der Waals surface area (Å²) in [7, 11) is 1.41. The van der Waals surface area contributed by atoms with E-state index in [1.807, 2.05) is 0 Å². The highest BCUT2D eigenvalue weighted by Gasteiger charge is 2.28. The van der Waals surface area contributed by atoms with Gasteiger partial charge in [-0.2, -0.15) is 0 Å². The SMILES string of the molecule is CCOC(=O)NC1CCC(NC(=O)c2c(C)[nH]c3c(-c4cc(F)c(OC)cc4OCC4CC4)ncnc23)CC1. The lowest BCUT2D eigenvalue weighted by atomic mass is 9.91. The topological polar surface area (TPSA) is 127 Å². The molecule has 2 aliphatic carbocycles. The molecule has 1 aromatic carbocycles. The van der Waals surface area contributed by atoms with E-state index >= 15 is 0 Å². The van der Waals surface area contributed by atoms with E-state index in [9.17, 15) is 14.0 Å². The van der Waals surface area contributed by atoms with E-state index < -0.39 is 11.9 Å². The zero-order valence-electron chi connectivity index (χ0n) is 22.4. The first kappa shape index (κ1) is 26.7. The first-order chi connectivity index (χ1) is 18.9. The maximum atomic E-state index is 14.8. The van der Waals surface area contributed by atoms with Crippen molar-refractivity contribution in [3.63, 3.8) is 0 Å². The van der Waals surface area contributed by atoms with Gasteiger partial charge in [0.25, 0.3) is 5.91 Å². The number of alkyl carbamates (subject to hydrolysis) is 1. The molecule has 0 aliphatic heterocycles. The molecule has 0 spiro atoms. The van der Waals surface area contributed by atoms with Gasteiger partial charge in [0.2, 0.25) is 0 Å². The van der Waals surface area contributed by atoms with E-state index in [2.05, 4.69) is 25.6 Å². The van der Waals surface area contributed by atoms with Crippen LogP contribution in [0.2, 0.25) is 0 Å². The molecule has 2 fully saturated rings. The van der Waals surface area contributed by atoms with Gasteiger partial charge in [0, 0.05) is 29.4 Å². The molecule has 5 rings (SSSR count). The first-order valence-electron chi connectivity index (χ1n) is 13.5. The van der Waals surface area contributed by atoms with Crippen LogP contribution < -0.4 is 20.1 Å². The number of rotatable bonds is 9. The highest BCUT2D eigenvalue weighted by Crippen LogP contribution is 2.39. The van der Waals surface area contributed by atoms with E-state index in [0.717, 1.165) is 38.5 Å². The largest absolute Gasteiger partial charge is 0.494 e. The third kappa shape index (κ3) is 5.91. The predicted molar refractivity (Wildman–Crippen MR) is 142 cm³/mol. The van der Waals surface area contributed by atoms with Crippen molar-refractivity contribution in [3.05, 3.63) is 35.5 Å². The fourth-order valence-electron chi connectivity index (χ4n) is 5.07. The van der Waals surface area contributed by atoms with Crippen molar-refractivity contribution in [2.45, 2.75) is 64.5 Å². The molecule has 2 aromatic heterocycles. The van der Waals surface area contributed by atoms with Crippen molar-refractivity contribution in [3.8, 4) is 22.8 Å². The van der Waals surface area contributed by atoms with Crippen LogP contribution in [0.4, 0.5) is 9.18 Å². The lowest BCUT2D eigenvalue weighted by Gasteiger charge is -2.29. The summed E-state index contributed by atoms with van der Waals surface area (Å²) >= 11 is 0. The fourth-order valence-corrected chi connectivity index (χ4v) is 5.07. The number of benzene rings is 1. The maximum absolute atomic E-state index is 14.8. The Kier molecular flexibility index (Phi) is 7.85. The molecule has 2 heterocycles. The van der Waals surface area contributed by atoms with E-state index in [-0.39, 0.29) is 23.7 Å². The van der Waals surface area contributed by atoms with Crippen LogP contribution in [0.1, 0.15) is 61.5 Å². The molecule has 208 valence electrons. The predicted octanol–water partition coefficient (Wildman–Crippen LogP) is 4.66. The summed E-state index contributed by atoms with van der Waals surface area (Å²) in [6.07, 6.45) is 6.15. The number of H-pyrrole nitrogens is 1. The number of nitrogens with one attached hydrogen (secondary N) is 3. The number of aryl methyl sites for hydroxylation is 1. The number of ether oxygens (including phenoxy) is 3. The number of aromatic amines is 1. The van der Waals surface area contributed by atoms with Crippen molar-refractivity contribution < 1.29 is 28.2 Å². The van der Waals surface area contributed by atoms with Gasteiger partial charge in [-0.25, -0.2) is 19.2 Å². The van der Waals surface area contributed by atoms with Crippen LogP contribution >= 0.6 is 0 Å². The number of methoxy groups -OCH3 is 1. The number of halogens is 1. The van der Waals surface area contributed by atoms with E-state index in [4.69, 9.17) is 14.2 Å². The number of fused-ring (bicyclic) bond motifs is 1. The van der Waals surface area contributed by atoms with Gasteiger partial charge in [0.15, 0.2) is 11.6 Å². The molecule has 11 heteroatoms. The maximum Gasteiger partial charge on any atom is 0.407 e. The first-order valence-corrected chi connectivity index (χ1v) is 13.5. The summed E-state index contributed by atoms with van der Waals surface area (Å²) in [6.45, 7) is 4.43. The third-order valence-electron chi connectivity index (χ3n) is 7.34. The number of carbonyl (C=O) groups is 2. The van der Waals surface area contributed by atoms with Crippen LogP contribution in [0.15, 0.2) is 18.5 Å². The molecule has 0 unspecified atom stereocenters. The van der Waals surface area contributed by atoms with Gasteiger partial charge in [0.1, 0.15) is 23.3 Å². The molecule has 39 heavy (non-hydrogen) atoms. The van der Waals surface area contributed by atoms with E-state index in [1.54, 1.807) is 13.8 Å². The van der Waals surface area contributed by atoms with Gasteiger partial charge < -0.3 is 29.8 Å². The standard InChI is InChI=1S/C28H34FN5O5/c1-4-38-28(36)34-18-9-7-17(8-10-18)33-27(35)23-15(2)32-26-24(30-14-31-25(23)26)19-11-20(29)22(37-3)12-21(19)39-13-16-5-6-16/h11-12,14,16-18,32H,4-10,13H2,1-3H3,(H,33,35)(H,34,36). The Bertz CT molecular complexity index is 1360. The Labute approximate surface area is 226 Å². The minimum atomic E-state index is -0.535. The summed E-state index contributed by atoms with van der Waals surface area (Å²) in [5, 5.41) is 5.99. The van der Waals surface area contributed by atoms with Crippen LogP contribution in [0, 0.1) is 18.7 Å². The van der Waals surface area contributed by atoms with Crippen LogP contribution in [0.5, 0.6) is 11.5 Å². The van der Waals surface area contributed by atoms with E-state index in [1.165, 1.54) is 25.6 Å². The molecule has 3 aromatic rings. The van der Waals surface area contributed by atoms with Crippen molar-refractivity contribution >= 4 is 23.0 Å².